The molecule has 12 heavy (non-hydrogen) atoms. The van der Waals surface area contributed by atoms with Crippen molar-refractivity contribution in [3.8, 4) is 0 Å². The van der Waals surface area contributed by atoms with E-state index in [-0.39, 0.29) is 11.2 Å². The third kappa shape index (κ3) is 0.967. The molecule has 2 rings (SSSR count). The van der Waals surface area contributed by atoms with Crippen LogP contribution in [0, 0.1) is 5.41 Å². The summed E-state index contributed by atoms with van der Waals surface area (Å²) >= 11 is 0. The van der Waals surface area contributed by atoms with Gasteiger partial charge in [0, 0.05) is 24.9 Å². The smallest absolute Gasteiger partial charge is 0.204 e. The molecule has 0 aliphatic heterocycles. The van der Waals surface area contributed by atoms with Gasteiger partial charge in [-0.3, -0.25) is 4.79 Å². The van der Waals surface area contributed by atoms with Crippen molar-refractivity contribution < 1.29 is 4.79 Å². The minimum Gasteiger partial charge on any atom is -0.332 e. The number of rotatable bonds is 2. The van der Waals surface area contributed by atoms with Crippen LogP contribution < -0.4 is 0 Å². The molecule has 0 aromatic carbocycles. The van der Waals surface area contributed by atoms with Crippen molar-refractivity contribution >= 4 is 5.78 Å². The Labute approximate surface area is 71.4 Å². The molecule has 3 nitrogen and oxygen atoms in total. The molecule has 1 fully saturated rings. The van der Waals surface area contributed by atoms with E-state index in [9.17, 15) is 4.79 Å². The molecule has 0 atom stereocenters. The molecule has 0 N–H and O–H groups in total. The number of imidazole rings is 1. The van der Waals surface area contributed by atoms with Gasteiger partial charge < -0.3 is 4.57 Å². The maximum Gasteiger partial charge on any atom is 0.204 e. The first-order valence-corrected chi connectivity index (χ1v) is 4.16. The van der Waals surface area contributed by atoms with Crippen LogP contribution in [-0.2, 0) is 7.05 Å². The van der Waals surface area contributed by atoms with Crippen molar-refractivity contribution in [3.05, 3.63) is 18.2 Å². The topological polar surface area (TPSA) is 34.9 Å². The number of aryl methyl sites for hydroxylation is 1. The van der Waals surface area contributed by atoms with Gasteiger partial charge in [-0.15, -0.1) is 0 Å². The van der Waals surface area contributed by atoms with Crippen LogP contribution in [0.5, 0.6) is 0 Å². The molecule has 0 bridgehead atoms. The third-order valence-electron chi connectivity index (χ3n) is 2.57. The van der Waals surface area contributed by atoms with Gasteiger partial charge in [-0.2, -0.15) is 0 Å². The monoisotopic (exact) mass is 164 g/mol. The second-order valence-electron chi connectivity index (χ2n) is 3.75. The van der Waals surface area contributed by atoms with Crippen LogP contribution in [0.2, 0.25) is 0 Å². The average Bonchev–Trinajstić information content (AvgIpc) is 2.63. The van der Waals surface area contributed by atoms with Crippen LogP contribution in [0.15, 0.2) is 12.4 Å². The Balaban J connectivity index is 2.31. The molecular formula is C9H12N2O. The van der Waals surface area contributed by atoms with Gasteiger partial charge in [0.05, 0.1) is 0 Å². The molecule has 1 aliphatic rings. The average molecular weight is 164 g/mol. The molecule has 0 radical (unpaired) electrons. The molecule has 64 valence electrons. The van der Waals surface area contributed by atoms with Crippen molar-refractivity contribution in [2.75, 3.05) is 0 Å². The van der Waals surface area contributed by atoms with E-state index >= 15 is 0 Å². The van der Waals surface area contributed by atoms with E-state index < -0.39 is 0 Å². The van der Waals surface area contributed by atoms with Gasteiger partial charge in [-0.25, -0.2) is 4.98 Å². The summed E-state index contributed by atoms with van der Waals surface area (Å²) in [4.78, 5) is 15.8. The largest absolute Gasteiger partial charge is 0.332 e. The highest BCUT2D eigenvalue weighted by Crippen LogP contribution is 2.47. The number of hydrogen-bond acceptors (Lipinski definition) is 2. The molecule has 1 saturated carbocycles. The van der Waals surface area contributed by atoms with Crippen molar-refractivity contribution in [1.82, 2.24) is 9.55 Å². The van der Waals surface area contributed by atoms with Crippen molar-refractivity contribution in [1.29, 1.82) is 0 Å². The van der Waals surface area contributed by atoms with E-state index in [4.69, 9.17) is 0 Å². The summed E-state index contributed by atoms with van der Waals surface area (Å²) in [6.07, 6.45) is 5.50. The lowest BCUT2D eigenvalue weighted by atomic mass is 10.0. The van der Waals surface area contributed by atoms with Gasteiger partial charge in [0.15, 0.2) is 5.82 Å². The first-order valence-electron chi connectivity index (χ1n) is 4.16. The molecule has 0 unspecified atom stereocenters. The lowest BCUT2D eigenvalue weighted by Gasteiger charge is -2.05. The maximum atomic E-state index is 11.7. The lowest BCUT2D eigenvalue weighted by molar-refractivity contribution is 0.0898. The van der Waals surface area contributed by atoms with Crippen molar-refractivity contribution in [2.45, 2.75) is 19.8 Å². The van der Waals surface area contributed by atoms with E-state index in [2.05, 4.69) is 4.98 Å². The van der Waals surface area contributed by atoms with E-state index in [0.717, 1.165) is 12.8 Å². The summed E-state index contributed by atoms with van der Waals surface area (Å²) in [6.45, 7) is 2.00. The van der Waals surface area contributed by atoms with Crippen LogP contribution in [0.1, 0.15) is 30.4 Å². The number of carbonyl (C=O) groups is 1. The van der Waals surface area contributed by atoms with Gasteiger partial charge in [0.25, 0.3) is 0 Å². The number of hydrogen-bond donors (Lipinski definition) is 0. The summed E-state index contributed by atoms with van der Waals surface area (Å²) in [5.41, 5.74) is -0.0981. The fraction of sp³-hybridized carbons (Fsp3) is 0.556. The number of Topliss-reactive ketones (excluding diaryl/α,β-unsaturated/α-hetero) is 1. The lowest BCUT2D eigenvalue weighted by Crippen LogP contribution is -2.16. The Hall–Kier alpha value is -1.12. The van der Waals surface area contributed by atoms with Gasteiger partial charge in [0.1, 0.15) is 0 Å². The first-order chi connectivity index (χ1) is 5.63. The molecule has 0 saturated heterocycles. The summed E-state index contributed by atoms with van der Waals surface area (Å²) < 4.78 is 1.78. The van der Waals surface area contributed by atoms with E-state index in [1.807, 2.05) is 14.0 Å². The third-order valence-corrected chi connectivity index (χ3v) is 2.57. The predicted octanol–water partition coefficient (Wildman–Crippen LogP) is 1.40. The Bertz CT molecular complexity index is 323. The van der Waals surface area contributed by atoms with E-state index in [0.29, 0.717) is 5.82 Å². The minimum atomic E-state index is -0.0981. The summed E-state index contributed by atoms with van der Waals surface area (Å²) in [7, 11) is 1.85. The Morgan fingerprint density at radius 3 is 2.75 bits per heavy atom. The maximum absolute atomic E-state index is 11.7. The quantitative estimate of drug-likeness (QED) is 0.619. The zero-order valence-corrected chi connectivity index (χ0v) is 7.37. The zero-order valence-electron chi connectivity index (χ0n) is 7.37. The SMILES string of the molecule is Cn1ccnc1C(=O)C1(C)CC1. The second-order valence-corrected chi connectivity index (χ2v) is 3.75. The molecule has 1 aliphatic carbocycles. The summed E-state index contributed by atoms with van der Waals surface area (Å²) in [5.74, 6) is 0.782. The Kier molecular flexibility index (Phi) is 1.37. The highest BCUT2D eigenvalue weighted by molar-refractivity contribution is 5.99. The van der Waals surface area contributed by atoms with Crippen molar-refractivity contribution in [2.24, 2.45) is 12.5 Å². The van der Waals surface area contributed by atoms with Gasteiger partial charge in [-0.05, 0) is 12.8 Å². The van der Waals surface area contributed by atoms with E-state index in [1.165, 1.54) is 0 Å². The number of ketones is 1. The van der Waals surface area contributed by atoms with Gasteiger partial charge >= 0.3 is 0 Å². The fourth-order valence-corrected chi connectivity index (χ4v) is 1.27. The van der Waals surface area contributed by atoms with Crippen LogP contribution in [0.4, 0.5) is 0 Å². The highest BCUT2D eigenvalue weighted by Gasteiger charge is 2.46. The normalized spacial score (nSPS) is 19.2. The Morgan fingerprint density at radius 1 is 1.67 bits per heavy atom. The Morgan fingerprint density at radius 2 is 2.33 bits per heavy atom. The molecule has 1 aromatic rings. The van der Waals surface area contributed by atoms with Crippen LogP contribution >= 0.6 is 0 Å². The molecule has 1 heterocycles. The standard InChI is InChI=1S/C9H12N2O/c1-9(3-4-9)7(12)8-10-5-6-11(8)2/h5-6H,3-4H2,1-2H3. The second kappa shape index (κ2) is 2.19. The number of carbonyl (C=O) groups excluding carboxylic acids is 1. The summed E-state index contributed by atoms with van der Waals surface area (Å²) in [5, 5.41) is 0. The first kappa shape index (κ1) is 7.53. The van der Waals surface area contributed by atoms with Crippen molar-refractivity contribution in [3.63, 3.8) is 0 Å². The van der Waals surface area contributed by atoms with E-state index in [1.54, 1.807) is 17.0 Å². The van der Waals surface area contributed by atoms with Gasteiger partial charge in [0.2, 0.25) is 5.78 Å². The molecule has 0 amide bonds. The molecule has 0 spiro atoms. The van der Waals surface area contributed by atoms with Crippen LogP contribution in [0.25, 0.3) is 0 Å². The number of nitrogens with zero attached hydrogens (tertiary/aromatic N) is 2. The molecular weight excluding hydrogens is 152 g/mol. The summed E-state index contributed by atoms with van der Waals surface area (Å²) in [6, 6.07) is 0. The molecule has 1 aromatic heterocycles. The van der Waals surface area contributed by atoms with Crippen LogP contribution in [-0.4, -0.2) is 15.3 Å². The highest BCUT2D eigenvalue weighted by atomic mass is 16.1. The van der Waals surface area contributed by atoms with Crippen LogP contribution in [0.3, 0.4) is 0 Å². The zero-order chi connectivity index (χ0) is 8.77. The fourth-order valence-electron chi connectivity index (χ4n) is 1.27. The minimum absolute atomic E-state index is 0.0981. The molecule has 3 heteroatoms. The predicted molar refractivity (Wildman–Crippen MR) is 44.9 cm³/mol. The number of aromatic nitrogens is 2. The van der Waals surface area contributed by atoms with Gasteiger partial charge in [-0.1, -0.05) is 6.92 Å².